The number of rotatable bonds is 6. The molecule has 0 aliphatic rings. The van der Waals surface area contributed by atoms with Crippen molar-refractivity contribution >= 4 is 0 Å². The van der Waals surface area contributed by atoms with Gasteiger partial charge in [-0.05, 0) is 13.0 Å². The molecule has 0 amide bonds. The Morgan fingerprint density at radius 3 is 2.50 bits per heavy atom. The Morgan fingerprint density at radius 1 is 1.40 bits per heavy atom. The summed E-state index contributed by atoms with van der Waals surface area (Å²) >= 11 is 0. The van der Waals surface area contributed by atoms with Gasteiger partial charge in [-0.1, -0.05) is 6.92 Å². The van der Waals surface area contributed by atoms with Crippen molar-refractivity contribution in [1.82, 2.24) is 4.90 Å². The number of hydrogen-bond donors (Lipinski definition) is 1. The Hall–Kier alpha value is -0.150. The molecule has 0 spiro atoms. The zero-order valence-electron chi connectivity index (χ0n) is 6.52. The normalized spacial score (nSPS) is 10.8. The highest BCUT2D eigenvalue weighted by Gasteiger charge is 1.98. The van der Waals surface area contributed by atoms with Crippen LogP contribution in [-0.4, -0.2) is 42.9 Å². The van der Waals surface area contributed by atoms with E-state index in [1.54, 1.807) is 0 Å². The molecule has 0 radical (unpaired) electrons. The van der Waals surface area contributed by atoms with Gasteiger partial charge in [-0.3, -0.25) is 4.39 Å². The summed E-state index contributed by atoms with van der Waals surface area (Å²) in [4.78, 5) is 2.03. The van der Waals surface area contributed by atoms with Gasteiger partial charge in [0.15, 0.2) is 0 Å². The van der Waals surface area contributed by atoms with Crippen LogP contribution in [0, 0.1) is 0 Å². The molecule has 2 nitrogen and oxygen atoms in total. The highest BCUT2D eigenvalue weighted by Crippen LogP contribution is 1.90. The molecular formula is C7H16FNO. The number of likely N-dealkylation sites (N-methyl/N-ethyl adjacent to an activating group) is 1. The number of aliphatic hydroxyl groups is 1. The smallest absolute Gasteiger partial charge is 0.0906 e. The molecule has 0 aromatic carbocycles. The fourth-order valence-electron chi connectivity index (χ4n) is 0.853. The molecule has 0 bridgehead atoms. The summed E-state index contributed by atoms with van der Waals surface area (Å²) in [5.74, 6) is 0. The lowest BCUT2D eigenvalue weighted by Crippen LogP contribution is -2.27. The lowest BCUT2D eigenvalue weighted by molar-refractivity contribution is 0.196. The zero-order valence-corrected chi connectivity index (χ0v) is 6.52. The first-order valence-electron chi connectivity index (χ1n) is 3.74. The molecule has 0 heterocycles. The maximum absolute atomic E-state index is 11.6. The predicted octanol–water partition coefficient (Wildman–Crippen LogP) is 0.660. The van der Waals surface area contributed by atoms with Crippen LogP contribution < -0.4 is 0 Å². The minimum Gasteiger partial charge on any atom is -0.395 e. The fourth-order valence-corrected chi connectivity index (χ4v) is 0.853. The van der Waals surface area contributed by atoms with E-state index in [4.69, 9.17) is 5.11 Å². The average Bonchev–Trinajstić information content (AvgIpc) is 1.98. The highest BCUT2D eigenvalue weighted by molar-refractivity contribution is 4.52. The molecule has 62 valence electrons. The molecule has 0 aliphatic heterocycles. The van der Waals surface area contributed by atoms with E-state index >= 15 is 0 Å². The van der Waals surface area contributed by atoms with Crippen molar-refractivity contribution in [3.05, 3.63) is 0 Å². The predicted molar refractivity (Wildman–Crippen MR) is 39.8 cm³/mol. The molecule has 0 fully saturated rings. The number of alkyl halides is 1. The van der Waals surface area contributed by atoms with E-state index in [2.05, 4.69) is 0 Å². The molecule has 0 aromatic rings. The molecule has 3 heteroatoms. The monoisotopic (exact) mass is 149 g/mol. The van der Waals surface area contributed by atoms with E-state index in [0.717, 1.165) is 13.1 Å². The van der Waals surface area contributed by atoms with Gasteiger partial charge in [0.05, 0.1) is 13.3 Å². The largest absolute Gasteiger partial charge is 0.395 e. The average molecular weight is 149 g/mol. The summed E-state index contributed by atoms with van der Waals surface area (Å²) in [6.07, 6.45) is 0.577. The van der Waals surface area contributed by atoms with Crippen LogP contribution in [0.1, 0.15) is 13.3 Å². The van der Waals surface area contributed by atoms with Crippen molar-refractivity contribution < 1.29 is 9.50 Å². The van der Waals surface area contributed by atoms with E-state index in [9.17, 15) is 4.39 Å². The molecule has 10 heavy (non-hydrogen) atoms. The number of halogens is 1. The van der Waals surface area contributed by atoms with Crippen LogP contribution in [0.3, 0.4) is 0 Å². The quantitative estimate of drug-likeness (QED) is 0.599. The summed E-state index contributed by atoms with van der Waals surface area (Å²) in [6.45, 7) is 4.22. The van der Waals surface area contributed by atoms with Crippen molar-refractivity contribution in [1.29, 1.82) is 0 Å². The third-order valence-corrected chi connectivity index (χ3v) is 1.47. The second-order valence-corrected chi connectivity index (χ2v) is 2.20. The molecule has 0 saturated heterocycles. The Morgan fingerprint density at radius 2 is 2.10 bits per heavy atom. The Bertz CT molecular complexity index is 70.6. The highest BCUT2D eigenvalue weighted by atomic mass is 19.1. The molecule has 0 aromatic heterocycles. The van der Waals surface area contributed by atoms with E-state index in [0.29, 0.717) is 13.0 Å². The summed E-state index contributed by atoms with van der Waals surface area (Å²) in [5, 5.41) is 8.53. The Kier molecular flexibility index (Phi) is 6.86. The summed E-state index contributed by atoms with van der Waals surface area (Å²) < 4.78 is 11.6. The van der Waals surface area contributed by atoms with Gasteiger partial charge in [0.25, 0.3) is 0 Å². The van der Waals surface area contributed by atoms with Crippen molar-refractivity contribution in [2.45, 2.75) is 13.3 Å². The number of nitrogens with zero attached hydrogens (tertiary/aromatic N) is 1. The van der Waals surface area contributed by atoms with E-state index in [1.165, 1.54) is 0 Å². The lowest BCUT2D eigenvalue weighted by atomic mass is 10.4. The number of aliphatic hydroxyl groups excluding tert-OH is 1. The molecule has 0 unspecified atom stereocenters. The van der Waals surface area contributed by atoms with Gasteiger partial charge in [-0.2, -0.15) is 0 Å². The fraction of sp³-hybridized carbons (Fsp3) is 1.00. The van der Waals surface area contributed by atoms with E-state index in [1.807, 2.05) is 11.8 Å². The second-order valence-electron chi connectivity index (χ2n) is 2.20. The third kappa shape index (κ3) is 4.70. The summed E-state index contributed by atoms with van der Waals surface area (Å²) in [6, 6.07) is 0. The third-order valence-electron chi connectivity index (χ3n) is 1.47. The van der Waals surface area contributed by atoms with Gasteiger partial charge >= 0.3 is 0 Å². The van der Waals surface area contributed by atoms with Gasteiger partial charge in [-0.25, -0.2) is 0 Å². The van der Waals surface area contributed by atoms with Crippen molar-refractivity contribution in [3.8, 4) is 0 Å². The summed E-state index contributed by atoms with van der Waals surface area (Å²) in [7, 11) is 0. The van der Waals surface area contributed by atoms with Gasteiger partial charge < -0.3 is 10.0 Å². The van der Waals surface area contributed by atoms with Crippen LogP contribution in [-0.2, 0) is 0 Å². The molecular weight excluding hydrogens is 133 g/mol. The molecule has 0 saturated carbocycles. The van der Waals surface area contributed by atoms with E-state index in [-0.39, 0.29) is 13.3 Å². The maximum atomic E-state index is 11.6. The van der Waals surface area contributed by atoms with E-state index < -0.39 is 0 Å². The number of hydrogen-bond acceptors (Lipinski definition) is 2. The van der Waals surface area contributed by atoms with Crippen molar-refractivity contribution in [3.63, 3.8) is 0 Å². The van der Waals surface area contributed by atoms with Crippen LogP contribution in [0.2, 0.25) is 0 Å². The zero-order chi connectivity index (χ0) is 7.82. The minimum absolute atomic E-state index is 0.167. The first kappa shape index (κ1) is 9.85. The maximum Gasteiger partial charge on any atom is 0.0906 e. The van der Waals surface area contributed by atoms with Crippen LogP contribution in [0.25, 0.3) is 0 Å². The van der Waals surface area contributed by atoms with Gasteiger partial charge in [-0.15, -0.1) is 0 Å². The van der Waals surface area contributed by atoms with Crippen molar-refractivity contribution in [2.75, 3.05) is 32.9 Å². The molecule has 0 aliphatic carbocycles. The van der Waals surface area contributed by atoms with Crippen LogP contribution >= 0.6 is 0 Å². The first-order valence-corrected chi connectivity index (χ1v) is 3.74. The van der Waals surface area contributed by atoms with Crippen LogP contribution in [0.15, 0.2) is 0 Å². The topological polar surface area (TPSA) is 23.5 Å². The molecule has 0 rings (SSSR count). The molecule has 0 atom stereocenters. The van der Waals surface area contributed by atoms with Crippen LogP contribution in [0.4, 0.5) is 4.39 Å². The van der Waals surface area contributed by atoms with Crippen LogP contribution in [0.5, 0.6) is 0 Å². The standard InChI is InChI=1S/C7H16FNO/c1-2-9(6-7-10)5-3-4-8/h10H,2-7H2,1H3. The van der Waals surface area contributed by atoms with Gasteiger partial charge in [0.2, 0.25) is 0 Å². The van der Waals surface area contributed by atoms with Gasteiger partial charge in [0.1, 0.15) is 0 Å². The summed E-state index contributed by atoms with van der Waals surface area (Å²) in [5.41, 5.74) is 0. The molecule has 1 N–H and O–H groups in total. The minimum atomic E-state index is -0.262. The Labute approximate surface area is 61.6 Å². The first-order chi connectivity index (χ1) is 4.85. The SMILES string of the molecule is CCN(CCO)CCCF. The lowest BCUT2D eigenvalue weighted by Gasteiger charge is -2.17. The Balaban J connectivity index is 3.21. The van der Waals surface area contributed by atoms with Gasteiger partial charge in [0, 0.05) is 13.1 Å². The van der Waals surface area contributed by atoms with Crippen molar-refractivity contribution in [2.24, 2.45) is 0 Å². The second kappa shape index (κ2) is 6.96.